The Labute approximate surface area is 154 Å². The first-order valence-electron chi connectivity index (χ1n) is 8.22. The number of nitrogens with one attached hydrogen (secondary N) is 1. The molecule has 0 saturated carbocycles. The second-order valence-corrected chi connectivity index (χ2v) is 6.02. The van der Waals surface area contributed by atoms with Gasteiger partial charge in [-0.25, -0.2) is 14.8 Å². The number of benzene rings is 1. The average Bonchev–Trinajstić information content (AvgIpc) is 3.28. The first-order valence-corrected chi connectivity index (χ1v) is 8.22. The Kier molecular flexibility index (Phi) is 4.00. The minimum absolute atomic E-state index is 0.00680. The van der Waals surface area contributed by atoms with Gasteiger partial charge >= 0.3 is 5.97 Å². The van der Waals surface area contributed by atoms with Gasteiger partial charge in [0.15, 0.2) is 11.3 Å². The molecule has 0 radical (unpaired) electrons. The normalized spacial score (nSPS) is 10.9. The van der Waals surface area contributed by atoms with Gasteiger partial charge in [0.1, 0.15) is 5.75 Å². The van der Waals surface area contributed by atoms with E-state index in [1.54, 1.807) is 24.0 Å². The van der Waals surface area contributed by atoms with Gasteiger partial charge in [-0.2, -0.15) is 0 Å². The highest BCUT2D eigenvalue weighted by molar-refractivity contribution is 5.87. The van der Waals surface area contributed by atoms with Crippen molar-refractivity contribution in [1.29, 1.82) is 0 Å². The molecule has 4 aromatic rings. The van der Waals surface area contributed by atoms with E-state index in [2.05, 4.69) is 15.3 Å². The number of anilines is 2. The van der Waals surface area contributed by atoms with E-state index in [1.165, 1.54) is 6.20 Å². The minimum atomic E-state index is -1.06. The van der Waals surface area contributed by atoms with Crippen LogP contribution in [0.2, 0.25) is 0 Å². The summed E-state index contributed by atoms with van der Waals surface area (Å²) in [5, 5.41) is 12.4. The van der Waals surface area contributed by atoms with Crippen LogP contribution >= 0.6 is 0 Å². The van der Waals surface area contributed by atoms with E-state index in [1.807, 2.05) is 48.0 Å². The zero-order valence-electron chi connectivity index (χ0n) is 14.7. The lowest BCUT2D eigenvalue weighted by atomic mass is 10.2. The molecule has 0 saturated heterocycles. The SMILES string of the molecule is COc1cc(Nc2cccn3cc(C(=O)O)nc23)ccc1-n1cnc(C)c1. The minimum Gasteiger partial charge on any atom is -0.494 e. The van der Waals surface area contributed by atoms with E-state index in [9.17, 15) is 4.79 Å². The Bertz CT molecular complexity index is 1150. The Hall–Kier alpha value is -3.81. The van der Waals surface area contributed by atoms with Crippen LogP contribution in [0.5, 0.6) is 5.75 Å². The molecule has 2 N–H and O–H groups in total. The third-order valence-corrected chi connectivity index (χ3v) is 4.15. The number of carbonyl (C=O) groups is 1. The predicted molar refractivity (Wildman–Crippen MR) is 100 cm³/mol. The topological polar surface area (TPSA) is 93.7 Å². The molecule has 0 aliphatic carbocycles. The molecule has 0 atom stereocenters. The van der Waals surface area contributed by atoms with E-state index < -0.39 is 5.97 Å². The van der Waals surface area contributed by atoms with Gasteiger partial charge in [0.25, 0.3) is 0 Å². The Morgan fingerprint density at radius 2 is 2.11 bits per heavy atom. The molecular weight excluding hydrogens is 346 g/mol. The first-order chi connectivity index (χ1) is 13.0. The van der Waals surface area contributed by atoms with Crippen LogP contribution in [0.3, 0.4) is 0 Å². The number of aryl methyl sites for hydroxylation is 1. The first kappa shape index (κ1) is 16.6. The molecule has 3 aromatic heterocycles. The van der Waals surface area contributed by atoms with Crippen molar-refractivity contribution in [2.45, 2.75) is 6.92 Å². The molecule has 27 heavy (non-hydrogen) atoms. The highest BCUT2D eigenvalue weighted by Crippen LogP contribution is 2.29. The van der Waals surface area contributed by atoms with Gasteiger partial charge in [0.05, 0.1) is 30.5 Å². The molecule has 0 unspecified atom stereocenters. The molecule has 8 heteroatoms. The van der Waals surface area contributed by atoms with E-state index in [0.717, 1.165) is 17.1 Å². The lowest BCUT2D eigenvalue weighted by Crippen LogP contribution is -1.99. The van der Waals surface area contributed by atoms with Crippen LogP contribution < -0.4 is 10.1 Å². The predicted octanol–water partition coefficient (Wildman–Crippen LogP) is 3.28. The van der Waals surface area contributed by atoms with Crippen molar-refractivity contribution in [3.63, 3.8) is 0 Å². The molecule has 0 bridgehead atoms. The number of carboxylic acid groups (broad SMARTS) is 1. The van der Waals surface area contributed by atoms with Crippen molar-refractivity contribution in [2.75, 3.05) is 12.4 Å². The Morgan fingerprint density at radius 3 is 2.81 bits per heavy atom. The van der Waals surface area contributed by atoms with Crippen LogP contribution in [0.1, 0.15) is 16.2 Å². The number of hydrogen-bond donors (Lipinski definition) is 2. The van der Waals surface area contributed by atoms with Gasteiger partial charge < -0.3 is 24.1 Å². The molecule has 136 valence electrons. The van der Waals surface area contributed by atoms with E-state index >= 15 is 0 Å². The average molecular weight is 363 g/mol. The molecule has 0 fully saturated rings. The molecule has 8 nitrogen and oxygen atoms in total. The number of carboxylic acids is 1. The summed E-state index contributed by atoms with van der Waals surface area (Å²) >= 11 is 0. The number of methoxy groups -OCH3 is 1. The molecule has 4 rings (SSSR count). The standard InChI is InChI=1S/C19H17N5O3/c1-12-9-24(11-20-12)16-6-5-13(8-17(16)27-2)21-14-4-3-7-23-10-15(19(25)26)22-18(14)23/h3-11,21H,1-2H3,(H,25,26). The fraction of sp³-hybridized carbons (Fsp3) is 0.105. The second kappa shape index (κ2) is 6.49. The largest absolute Gasteiger partial charge is 0.494 e. The highest BCUT2D eigenvalue weighted by atomic mass is 16.5. The van der Waals surface area contributed by atoms with Crippen molar-refractivity contribution < 1.29 is 14.6 Å². The van der Waals surface area contributed by atoms with E-state index in [4.69, 9.17) is 9.84 Å². The number of fused-ring (bicyclic) bond motifs is 1. The molecular formula is C19H17N5O3. The maximum Gasteiger partial charge on any atom is 0.356 e. The molecule has 0 amide bonds. The summed E-state index contributed by atoms with van der Waals surface area (Å²) in [5.74, 6) is -0.384. The molecule has 0 aliphatic rings. The van der Waals surface area contributed by atoms with Crippen LogP contribution in [0.25, 0.3) is 11.3 Å². The number of ether oxygens (including phenoxy) is 1. The highest BCUT2D eigenvalue weighted by Gasteiger charge is 2.12. The molecule has 0 aliphatic heterocycles. The third kappa shape index (κ3) is 3.08. The summed E-state index contributed by atoms with van der Waals surface area (Å²) in [6.45, 7) is 1.93. The van der Waals surface area contributed by atoms with Crippen LogP contribution in [-0.2, 0) is 0 Å². The van der Waals surface area contributed by atoms with Crippen molar-refractivity contribution in [3.8, 4) is 11.4 Å². The van der Waals surface area contributed by atoms with Crippen molar-refractivity contribution in [2.24, 2.45) is 0 Å². The van der Waals surface area contributed by atoms with Gasteiger partial charge in [-0.1, -0.05) is 0 Å². The molecule has 0 spiro atoms. The lowest BCUT2D eigenvalue weighted by molar-refractivity contribution is 0.0691. The second-order valence-electron chi connectivity index (χ2n) is 6.02. The number of aromatic carboxylic acids is 1. The van der Waals surface area contributed by atoms with Crippen molar-refractivity contribution >= 4 is 23.0 Å². The van der Waals surface area contributed by atoms with E-state index in [0.29, 0.717) is 17.1 Å². The van der Waals surface area contributed by atoms with Crippen LogP contribution in [0.15, 0.2) is 55.2 Å². The Balaban J connectivity index is 1.71. The van der Waals surface area contributed by atoms with Gasteiger partial charge in [0.2, 0.25) is 0 Å². The van der Waals surface area contributed by atoms with Crippen molar-refractivity contribution in [3.05, 3.63) is 66.6 Å². The number of rotatable bonds is 5. The van der Waals surface area contributed by atoms with Crippen LogP contribution in [-0.4, -0.2) is 37.1 Å². The van der Waals surface area contributed by atoms with Gasteiger partial charge in [-0.3, -0.25) is 0 Å². The molecule has 1 aromatic carbocycles. The number of imidazole rings is 2. The fourth-order valence-corrected chi connectivity index (χ4v) is 2.89. The van der Waals surface area contributed by atoms with Crippen LogP contribution in [0, 0.1) is 6.92 Å². The number of nitrogens with zero attached hydrogens (tertiary/aromatic N) is 4. The number of aromatic nitrogens is 4. The summed E-state index contributed by atoms with van der Waals surface area (Å²) in [6.07, 6.45) is 6.89. The lowest BCUT2D eigenvalue weighted by Gasteiger charge is -2.13. The maximum absolute atomic E-state index is 11.2. The summed E-state index contributed by atoms with van der Waals surface area (Å²) in [5.41, 5.74) is 3.80. The number of pyridine rings is 1. The molecule has 3 heterocycles. The van der Waals surface area contributed by atoms with E-state index in [-0.39, 0.29) is 5.69 Å². The van der Waals surface area contributed by atoms with Crippen molar-refractivity contribution in [1.82, 2.24) is 18.9 Å². The summed E-state index contributed by atoms with van der Waals surface area (Å²) in [7, 11) is 1.61. The smallest absolute Gasteiger partial charge is 0.356 e. The Morgan fingerprint density at radius 1 is 1.26 bits per heavy atom. The van der Waals surface area contributed by atoms with Gasteiger partial charge in [-0.15, -0.1) is 0 Å². The summed E-state index contributed by atoms with van der Waals surface area (Å²) in [4.78, 5) is 19.6. The quantitative estimate of drug-likeness (QED) is 0.565. The zero-order chi connectivity index (χ0) is 19.0. The summed E-state index contributed by atoms with van der Waals surface area (Å²) in [6, 6.07) is 9.37. The zero-order valence-corrected chi connectivity index (χ0v) is 14.7. The van der Waals surface area contributed by atoms with Gasteiger partial charge in [0, 0.05) is 30.3 Å². The maximum atomic E-state index is 11.2. The van der Waals surface area contributed by atoms with Crippen LogP contribution in [0.4, 0.5) is 11.4 Å². The fourth-order valence-electron chi connectivity index (χ4n) is 2.89. The monoisotopic (exact) mass is 363 g/mol. The summed E-state index contributed by atoms with van der Waals surface area (Å²) < 4.78 is 9.09. The number of hydrogen-bond acceptors (Lipinski definition) is 5. The van der Waals surface area contributed by atoms with Gasteiger partial charge in [-0.05, 0) is 31.2 Å². The third-order valence-electron chi connectivity index (χ3n) is 4.15.